The van der Waals surface area contributed by atoms with Crippen LogP contribution >= 0.6 is 0 Å². The maximum Gasteiger partial charge on any atom is 0.255 e. The van der Waals surface area contributed by atoms with E-state index in [0.717, 1.165) is 11.1 Å². The Labute approximate surface area is 202 Å². The molecule has 3 aromatic carbocycles. The summed E-state index contributed by atoms with van der Waals surface area (Å²) < 4.78 is 13.3. The first-order valence-electron chi connectivity index (χ1n) is 11.0. The van der Waals surface area contributed by atoms with Crippen molar-refractivity contribution >= 4 is 23.1 Å². The zero-order valence-corrected chi connectivity index (χ0v) is 19.0. The van der Waals surface area contributed by atoms with Crippen LogP contribution in [0.3, 0.4) is 0 Å². The van der Waals surface area contributed by atoms with E-state index in [2.05, 4.69) is 15.4 Å². The minimum atomic E-state index is -0.246. The number of nitrogens with one attached hydrogen (secondary N) is 1. The fourth-order valence-corrected chi connectivity index (χ4v) is 3.52. The Bertz CT molecular complexity index is 1500. The lowest BCUT2D eigenvalue weighted by atomic mass is 10.1. The summed E-state index contributed by atoms with van der Waals surface area (Å²) in [5, 5.41) is 7.31. The molecule has 0 saturated carbocycles. The summed E-state index contributed by atoms with van der Waals surface area (Å²) in [5.74, 6) is 1.66. The molecule has 0 radical (unpaired) electrons. The molecule has 0 aliphatic carbocycles. The second-order valence-electron chi connectivity index (χ2n) is 7.98. The smallest absolute Gasteiger partial charge is 0.255 e. The monoisotopic (exact) mass is 465 g/mol. The van der Waals surface area contributed by atoms with E-state index in [9.17, 15) is 4.79 Å². The van der Waals surface area contributed by atoms with E-state index >= 15 is 0 Å². The number of nitrogens with two attached hydrogens (primary N) is 1. The van der Waals surface area contributed by atoms with Crippen molar-refractivity contribution in [1.29, 1.82) is 0 Å². The molecule has 0 aliphatic rings. The molecule has 3 N–H and O–H groups in total. The van der Waals surface area contributed by atoms with Gasteiger partial charge in [0.1, 0.15) is 23.9 Å². The molecular weight excluding hydrogens is 442 g/mol. The summed E-state index contributed by atoms with van der Waals surface area (Å²) in [6.45, 7) is 2.34. The van der Waals surface area contributed by atoms with Gasteiger partial charge in [-0.15, -0.1) is 5.10 Å². The Balaban J connectivity index is 1.28. The van der Waals surface area contributed by atoms with E-state index in [1.54, 1.807) is 47.1 Å². The van der Waals surface area contributed by atoms with Crippen LogP contribution in [-0.2, 0) is 6.61 Å². The lowest BCUT2D eigenvalue weighted by Crippen LogP contribution is -2.13. The Hall–Kier alpha value is -4.85. The van der Waals surface area contributed by atoms with Gasteiger partial charge in [-0.3, -0.25) is 4.79 Å². The molecule has 2 aromatic heterocycles. The van der Waals surface area contributed by atoms with E-state index < -0.39 is 0 Å². The number of carbonyl (C=O) groups excluding carboxylic acids is 1. The first-order valence-corrected chi connectivity index (χ1v) is 11.0. The molecular formula is C27H23N5O3. The zero-order chi connectivity index (χ0) is 24.2. The van der Waals surface area contributed by atoms with E-state index in [0.29, 0.717) is 46.7 Å². The highest BCUT2D eigenvalue weighted by molar-refractivity contribution is 6.05. The summed E-state index contributed by atoms with van der Waals surface area (Å²) in [4.78, 5) is 17.1. The third-order valence-corrected chi connectivity index (χ3v) is 5.34. The molecule has 8 nitrogen and oxygen atoms in total. The van der Waals surface area contributed by atoms with E-state index in [1.807, 2.05) is 55.5 Å². The second-order valence-corrected chi connectivity index (χ2v) is 7.98. The number of aromatic nitrogens is 3. The third kappa shape index (κ3) is 5.22. The molecule has 0 atom stereocenters. The van der Waals surface area contributed by atoms with E-state index in [4.69, 9.17) is 15.2 Å². The number of hydrogen-bond donors (Lipinski definition) is 2. The highest BCUT2D eigenvalue weighted by atomic mass is 16.5. The van der Waals surface area contributed by atoms with Crippen LogP contribution in [0.15, 0.2) is 91.1 Å². The van der Waals surface area contributed by atoms with Crippen molar-refractivity contribution in [1.82, 2.24) is 14.6 Å². The number of benzene rings is 3. The minimum absolute atomic E-state index is 0.246. The lowest BCUT2D eigenvalue weighted by molar-refractivity contribution is 0.102. The third-order valence-electron chi connectivity index (χ3n) is 5.34. The number of carbonyl (C=O) groups is 1. The average molecular weight is 466 g/mol. The largest absolute Gasteiger partial charge is 0.489 e. The molecule has 5 aromatic rings. The van der Waals surface area contributed by atoms with Crippen LogP contribution in [0.4, 0.5) is 11.5 Å². The maximum atomic E-state index is 13.0. The second kappa shape index (κ2) is 9.56. The van der Waals surface area contributed by atoms with Gasteiger partial charge in [0.25, 0.3) is 5.91 Å². The first kappa shape index (κ1) is 22.0. The van der Waals surface area contributed by atoms with Gasteiger partial charge in [-0.05, 0) is 48.4 Å². The zero-order valence-electron chi connectivity index (χ0n) is 19.0. The number of ether oxygens (including phenoxy) is 2. The van der Waals surface area contributed by atoms with Crippen LogP contribution in [0.1, 0.15) is 21.5 Å². The molecule has 0 unspecified atom stereocenters. The fraction of sp³-hybridized carbons (Fsp3) is 0.0741. The number of aryl methyl sites for hydroxylation is 1. The predicted molar refractivity (Wildman–Crippen MR) is 134 cm³/mol. The maximum absolute atomic E-state index is 13.0. The molecule has 0 spiro atoms. The number of nitrogens with zero attached hydrogens (tertiary/aromatic N) is 3. The van der Waals surface area contributed by atoms with Crippen molar-refractivity contribution in [2.75, 3.05) is 11.1 Å². The van der Waals surface area contributed by atoms with Crippen molar-refractivity contribution in [3.05, 3.63) is 108 Å². The molecule has 8 heteroatoms. The van der Waals surface area contributed by atoms with Gasteiger partial charge >= 0.3 is 0 Å². The predicted octanol–water partition coefficient (Wildman–Crippen LogP) is 5.24. The fourth-order valence-electron chi connectivity index (χ4n) is 3.52. The van der Waals surface area contributed by atoms with Crippen LogP contribution in [0.2, 0.25) is 0 Å². The van der Waals surface area contributed by atoms with Crippen LogP contribution < -0.4 is 20.5 Å². The summed E-state index contributed by atoms with van der Waals surface area (Å²) in [7, 11) is 0. The standard InChI is InChI=1S/C27H23N5O3/c1-18-10-11-22(35-26-13-12-25-30-24(28)16-32(25)31-26)15-23(18)29-27(33)20-8-5-9-21(14-20)34-17-19-6-3-2-4-7-19/h2-16H,17,28H2,1H3,(H,29,33). The van der Waals surface area contributed by atoms with E-state index in [-0.39, 0.29) is 5.91 Å². The molecule has 1 amide bonds. The number of hydrogen-bond acceptors (Lipinski definition) is 6. The molecule has 0 aliphatic heterocycles. The van der Waals surface area contributed by atoms with E-state index in [1.165, 1.54) is 0 Å². The number of fused-ring (bicyclic) bond motifs is 1. The summed E-state index contributed by atoms with van der Waals surface area (Å²) in [5.41, 5.74) is 9.42. The average Bonchev–Trinajstić information content (AvgIpc) is 3.25. The minimum Gasteiger partial charge on any atom is -0.489 e. The van der Waals surface area contributed by atoms with Crippen molar-refractivity contribution in [2.24, 2.45) is 0 Å². The number of imidazole rings is 1. The van der Waals surface area contributed by atoms with Gasteiger partial charge in [0.15, 0.2) is 5.65 Å². The lowest BCUT2D eigenvalue weighted by Gasteiger charge is -2.12. The van der Waals surface area contributed by atoms with Gasteiger partial charge in [-0.2, -0.15) is 0 Å². The van der Waals surface area contributed by atoms with Crippen molar-refractivity contribution in [2.45, 2.75) is 13.5 Å². The normalized spacial score (nSPS) is 10.8. The quantitative estimate of drug-likeness (QED) is 0.341. The first-order chi connectivity index (χ1) is 17.0. The number of amides is 1. The van der Waals surface area contributed by atoms with Gasteiger partial charge in [0.2, 0.25) is 5.88 Å². The van der Waals surface area contributed by atoms with Crippen LogP contribution in [-0.4, -0.2) is 20.5 Å². The highest BCUT2D eigenvalue weighted by Crippen LogP contribution is 2.27. The topological polar surface area (TPSA) is 104 Å². The molecule has 174 valence electrons. The van der Waals surface area contributed by atoms with Gasteiger partial charge in [-0.1, -0.05) is 42.5 Å². The number of rotatable bonds is 7. The molecule has 0 saturated heterocycles. The van der Waals surface area contributed by atoms with Crippen LogP contribution in [0.25, 0.3) is 5.65 Å². The van der Waals surface area contributed by atoms with Crippen LogP contribution in [0, 0.1) is 6.92 Å². The molecule has 35 heavy (non-hydrogen) atoms. The van der Waals surface area contributed by atoms with Crippen molar-refractivity contribution in [3.63, 3.8) is 0 Å². The Morgan fingerprint density at radius 2 is 1.83 bits per heavy atom. The van der Waals surface area contributed by atoms with Gasteiger partial charge < -0.3 is 20.5 Å². The summed E-state index contributed by atoms with van der Waals surface area (Å²) in [6, 6.07) is 25.9. The van der Waals surface area contributed by atoms with Crippen LogP contribution in [0.5, 0.6) is 17.4 Å². The summed E-state index contributed by atoms with van der Waals surface area (Å²) in [6.07, 6.45) is 1.61. The SMILES string of the molecule is Cc1ccc(Oc2ccc3nc(N)cn3n2)cc1NC(=O)c1cccc(OCc2ccccc2)c1. The van der Waals surface area contributed by atoms with Gasteiger partial charge in [0, 0.05) is 23.4 Å². The van der Waals surface area contributed by atoms with Gasteiger partial charge in [-0.25, -0.2) is 9.50 Å². The molecule has 0 fully saturated rings. The van der Waals surface area contributed by atoms with Crippen molar-refractivity contribution < 1.29 is 14.3 Å². The molecule has 0 bridgehead atoms. The molecule has 5 rings (SSSR count). The Kier molecular flexibility index (Phi) is 6.00. The molecule has 2 heterocycles. The number of nitrogen functional groups attached to an aromatic ring is 1. The van der Waals surface area contributed by atoms with Crippen molar-refractivity contribution in [3.8, 4) is 17.4 Å². The van der Waals surface area contributed by atoms with Gasteiger partial charge in [0.05, 0.1) is 6.20 Å². The Morgan fingerprint density at radius 3 is 2.69 bits per heavy atom. The highest BCUT2D eigenvalue weighted by Gasteiger charge is 2.11. The Morgan fingerprint density at radius 1 is 0.971 bits per heavy atom. The summed E-state index contributed by atoms with van der Waals surface area (Å²) >= 11 is 0. The number of anilines is 2.